The average Bonchev–Trinajstić information content (AvgIpc) is 2.53. The van der Waals surface area contributed by atoms with Crippen molar-refractivity contribution in [1.29, 1.82) is 0 Å². The predicted molar refractivity (Wildman–Crippen MR) is 84.5 cm³/mol. The molecule has 0 radical (unpaired) electrons. The lowest BCUT2D eigenvalue weighted by Crippen LogP contribution is -2.39. The Kier molecular flexibility index (Phi) is 5.30. The van der Waals surface area contributed by atoms with Crippen LogP contribution < -0.4 is 5.73 Å². The van der Waals surface area contributed by atoms with Gasteiger partial charge < -0.3 is 5.73 Å². The van der Waals surface area contributed by atoms with Crippen LogP contribution in [0.15, 0.2) is 65.6 Å². The van der Waals surface area contributed by atoms with Gasteiger partial charge >= 0.3 is 0 Å². The Morgan fingerprint density at radius 3 is 2.05 bits per heavy atom. The number of hydrogen-bond acceptors (Lipinski definition) is 3. The summed E-state index contributed by atoms with van der Waals surface area (Å²) in [6.07, 6.45) is 0.514. The van der Waals surface area contributed by atoms with Crippen molar-refractivity contribution in [2.24, 2.45) is 5.73 Å². The molecule has 116 valence electrons. The van der Waals surface area contributed by atoms with Crippen molar-refractivity contribution in [3.05, 3.63) is 66.2 Å². The van der Waals surface area contributed by atoms with E-state index < -0.39 is 15.9 Å². The minimum Gasteiger partial charge on any atom is -0.369 e. The Morgan fingerprint density at radius 2 is 1.50 bits per heavy atom. The summed E-state index contributed by atoms with van der Waals surface area (Å²) < 4.78 is 26.3. The standard InChI is InChI=1S/C16H18N2O3S/c17-16(19)13-18(12-11-14-7-3-1-4-8-14)22(20,21)15-9-5-2-6-10-15/h1-10H,11-13H2,(H2,17,19). The minimum atomic E-state index is -3.73. The van der Waals surface area contributed by atoms with E-state index in [1.807, 2.05) is 30.3 Å². The molecule has 0 saturated carbocycles. The number of nitrogens with two attached hydrogens (primary N) is 1. The third-order valence-electron chi connectivity index (χ3n) is 3.21. The van der Waals surface area contributed by atoms with Gasteiger partial charge in [0.15, 0.2) is 0 Å². The van der Waals surface area contributed by atoms with Gasteiger partial charge in [-0.3, -0.25) is 4.79 Å². The van der Waals surface area contributed by atoms with E-state index in [0.29, 0.717) is 6.42 Å². The second-order valence-electron chi connectivity index (χ2n) is 4.85. The lowest BCUT2D eigenvalue weighted by Gasteiger charge is -2.20. The van der Waals surface area contributed by atoms with Gasteiger partial charge in [-0.15, -0.1) is 0 Å². The molecule has 5 nitrogen and oxygen atoms in total. The van der Waals surface area contributed by atoms with Gasteiger partial charge in [0.25, 0.3) is 0 Å². The van der Waals surface area contributed by atoms with Crippen molar-refractivity contribution < 1.29 is 13.2 Å². The van der Waals surface area contributed by atoms with E-state index in [0.717, 1.165) is 9.87 Å². The van der Waals surface area contributed by atoms with Gasteiger partial charge in [0.2, 0.25) is 15.9 Å². The molecule has 2 aromatic carbocycles. The lowest BCUT2D eigenvalue weighted by atomic mass is 10.1. The number of carbonyl (C=O) groups excluding carboxylic acids is 1. The van der Waals surface area contributed by atoms with Crippen LogP contribution in [0.3, 0.4) is 0 Å². The van der Waals surface area contributed by atoms with Crippen LogP contribution in [0.1, 0.15) is 5.56 Å². The molecule has 6 heteroatoms. The van der Waals surface area contributed by atoms with E-state index in [9.17, 15) is 13.2 Å². The molecule has 0 bridgehead atoms. The first kappa shape index (κ1) is 16.2. The summed E-state index contributed by atoms with van der Waals surface area (Å²) in [4.78, 5) is 11.4. The van der Waals surface area contributed by atoms with Gasteiger partial charge in [-0.25, -0.2) is 8.42 Å². The van der Waals surface area contributed by atoms with E-state index in [4.69, 9.17) is 5.73 Å². The monoisotopic (exact) mass is 318 g/mol. The first-order valence-electron chi connectivity index (χ1n) is 6.87. The maximum atomic E-state index is 12.6. The Bertz CT molecular complexity index is 716. The fourth-order valence-corrected chi connectivity index (χ4v) is 3.53. The molecule has 0 heterocycles. The normalized spacial score (nSPS) is 11.5. The Balaban J connectivity index is 2.20. The maximum Gasteiger partial charge on any atom is 0.243 e. The minimum absolute atomic E-state index is 0.157. The maximum absolute atomic E-state index is 12.6. The highest BCUT2D eigenvalue weighted by Gasteiger charge is 2.25. The fraction of sp³-hybridized carbons (Fsp3) is 0.188. The third kappa shape index (κ3) is 4.16. The summed E-state index contributed by atoms with van der Waals surface area (Å²) in [5.74, 6) is -0.674. The molecule has 0 aliphatic rings. The summed E-state index contributed by atoms with van der Waals surface area (Å²) in [5, 5.41) is 0. The second kappa shape index (κ2) is 7.20. The van der Waals surface area contributed by atoms with Gasteiger partial charge in [0, 0.05) is 6.54 Å². The van der Waals surface area contributed by atoms with E-state index in [2.05, 4.69) is 0 Å². The zero-order valence-corrected chi connectivity index (χ0v) is 12.9. The molecular formula is C16H18N2O3S. The number of hydrogen-bond donors (Lipinski definition) is 1. The number of primary amides is 1. The number of carbonyl (C=O) groups is 1. The number of rotatable bonds is 7. The molecule has 0 aromatic heterocycles. The quantitative estimate of drug-likeness (QED) is 0.838. The fourth-order valence-electron chi connectivity index (χ4n) is 2.10. The lowest BCUT2D eigenvalue weighted by molar-refractivity contribution is -0.118. The smallest absolute Gasteiger partial charge is 0.243 e. The highest BCUT2D eigenvalue weighted by atomic mass is 32.2. The van der Waals surface area contributed by atoms with E-state index in [1.165, 1.54) is 12.1 Å². The van der Waals surface area contributed by atoms with Crippen molar-refractivity contribution in [3.8, 4) is 0 Å². The highest BCUT2D eigenvalue weighted by molar-refractivity contribution is 7.89. The first-order chi connectivity index (χ1) is 10.5. The molecule has 0 saturated heterocycles. The van der Waals surface area contributed by atoms with Crippen LogP contribution >= 0.6 is 0 Å². The predicted octanol–water partition coefficient (Wildman–Crippen LogP) is 1.41. The third-order valence-corrected chi connectivity index (χ3v) is 5.07. The van der Waals surface area contributed by atoms with Crippen LogP contribution in [0, 0.1) is 0 Å². The molecule has 0 unspecified atom stereocenters. The SMILES string of the molecule is NC(=O)CN(CCc1ccccc1)S(=O)(=O)c1ccccc1. The average molecular weight is 318 g/mol. The van der Waals surface area contributed by atoms with Crippen molar-refractivity contribution in [2.75, 3.05) is 13.1 Å². The van der Waals surface area contributed by atoms with Gasteiger partial charge in [-0.2, -0.15) is 4.31 Å². The van der Waals surface area contributed by atoms with Crippen LogP contribution in [0.5, 0.6) is 0 Å². The Labute approximate surface area is 130 Å². The van der Waals surface area contributed by atoms with Crippen LogP contribution in [-0.2, 0) is 21.2 Å². The Morgan fingerprint density at radius 1 is 0.955 bits per heavy atom. The highest BCUT2D eigenvalue weighted by Crippen LogP contribution is 2.15. The number of sulfonamides is 1. The molecule has 2 aromatic rings. The summed E-state index contributed by atoms with van der Waals surface area (Å²) in [5.41, 5.74) is 6.19. The van der Waals surface area contributed by atoms with Gasteiger partial charge in [-0.1, -0.05) is 48.5 Å². The second-order valence-corrected chi connectivity index (χ2v) is 6.79. The molecule has 0 spiro atoms. The molecule has 1 amide bonds. The molecular weight excluding hydrogens is 300 g/mol. The molecule has 0 aliphatic carbocycles. The van der Waals surface area contributed by atoms with Crippen LogP contribution in [0.2, 0.25) is 0 Å². The molecule has 2 rings (SSSR count). The molecule has 0 aliphatic heterocycles. The van der Waals surface area contributed by atoms with Crippen molar-refractivity contribution in [3.63, 3.8) is 0 Å². The number of benzene rings is 2. The topological polar surface area (TPSA) is 80.5 Å². The summed E-state index contributed by atoms with van der Waals surface area (Å²) in [6.45, 7) is -0.131. The number of amides is 1. The van der Waals surface area contributed by atoms with E-state index >= 15 is 0 Å². The van der Waals surface area contributed by atoms with Crippen LogP contribution in [0.25, 0.3) is 0 Å². The Hall–Kier alpha value is -2.18. The largest absolute Gasteiger partial charge is 0.369 e. The van der Waals surface area contributed by atoms with Crippen molar-refractivity contribution in [1.82, 2.24) is 4.31 Å². The van der Waals surface area contributed by atoms with Crippen LogP contribution in [0.4, 0.5) is 0 Å². The van der Waals surface area contributed by atoms with Gasteiger partial charge in [0.1, 0.15) is 0 Å². The molecule has 2 N–H and O–H groups in total. The molecule has 0 atom stereocenters. The first-order valence-corrected chi connectivity index (χ1v) is 8.31. The van der Waals surface area contributed by atoms with E-state index in [-0.39, 0.29) is 18.0 Å². The summed E-state index contributed by atoms with van der Waals surface area (Å²) >= 11 is 0. The molecule has 0 fully saturated rings. The van der Waals surface area contributed by atoms with Gasteiger partial charge in [0.05, 0.1) is 11.4 Å². The van der Waals surface area contributed by atoms with Gasteiger partial charge in [-0.05, 0) is 24.1 Å². The van der Waals surface area contributed by atoms with Crippen molar-refractivity contribution >= 4 is 15.9 Å². The van der Waals surface area contributed by atoms with Crippen molar-refractivity contribution in [2.45, 2.75) is 11.3 Å². The molecule has 22 heavy (non-hydrogen) atoms. The van der Waals surface area contributed by atoms with E-state index in [1.54, 1.807) is 18.2 Å². The summed E-state index contributed by atoms with van der Waals surface area (Å²) in [7, 11) is -3.73. The zero-order valence-electron chi connectivity index (χ0n) is 12.1. The zero-order chi connectivity index (χ0) is 16.0. The summed E-state index contributed by atoms with van der Waals surface area (Å²) in [6, 6.07) is 17.5. The van der Waals surface area contributed by atoms with Crippen LogP contribution in [-0.4, -0.2) is 31.7 Å². The number of nitrogens with zero attached hydrogens (tertiary/aromatic N) is 1.